The second-order valence-corrected chi connectivity index (χ2v) is 10.4. The zero-order chi connectivity index (χ0) is 24.8. The van der Waals surface area contributed by atoms with Crippen molar-refractivity contribution in [3.63, 3.8) is 0 Å². The molecule has 2 atom stereocenters. The number of aromatic amines is 1. The number of nitrogen functional groups attached to an aromatic ring is 1. The van der Waals surface area contributed by atoms with Gasteiger partial charge in [0.1, 0.15) is 5.75 Å². The number of likely N-dealkylation sites (N-methyl/N-ethyl adjacent to an activating group) is 1. The molecule has 9 heteroatoms. The van der Waals surface area contributed by atoms with Gasteiger partial charge in [0.25, 0.3) is 0 Å². The Morgan fingerprint density at radius 3 is 2.77 bits per heavy atom. The van der Waals surface area contributed by atoms with E-state index in [1.807, 2.05) is 12.7 Å². The van der Waals surface area contributed by atoms with Crippen molar-refractivity contribution >= 4 is 25.9 Å². The molecule has 8 nitrogen and oxygen atoms in total. The van der Waals surface area contributed by atoms with E-state index in [0.717, 1.165) is 56.1 Å². The van der Waals surface area contributed by atoms with E-state index in [1.54, 1.807) is 25.3 Å². The lowest BCUT2D eigenvalue weighted by Gasteiger charge is -2.32. The van der Waals surface area contributed by atoms with Gasteiger partial charge in [-0.3, -0.25) is 10.3 Å². The average Bonchev–Trinajstić information content (AvgIpc) is 3.24. The van der Waals surface area contributed by atoms with Crippen LogP contribution in [-0.4, -0.2) is 86.8 Å². The number of aromatic nitrogens is 1. The first-order valence-electron chi connectivity index (χ1n) is 12.0. The van der Waals surface area contributed by atoms with Crippen LogP contribution in [-0.2, 0) is 15.7 Å². The monoisotopic (exact) mass is 497 g/mol. The van der Waals surface area contributed by atoms with Gasteiger partial charge in [-0.1, -0.05) is 24.3 Å². The highest BCUT2D eigenvalue weighted by atomic mass is 31.2. The fraction of sp³-hybridized carbons (Fsp3) is 0.423. The van der Waals surface area contributed by atoms with Crippen molar-refractivity contribution < 1.29 is 13.8 Å². The number of piperazine rings is 1. The average molecular weight is 498 g/mol. The highest BCUT2D eigenvalue weighted by Crippen LogP contribution is 2.35. The molecular formula is C26H36N5O3P. The molecule has 1 aromatic carbocycles. The summed E-state index contributed by atoms with van der Waals surface area (Å²) in [5.74, 6) is 0.638. The lowest BCUT2D eigenvalue weighted by molar-refractivity contribution is 0.0711. The summed E-state index contributed by atoms with van der Waals surface area (Å²) < 4.78 is 17.2. The van der Waals surface area contributed by atoms with Gasteiger partial charge in [0.05, 0.1) is 24.1 Å². The first-order chi connectivity index (χ1) is 16.9. The second kappa shape index (κ2) is 12.0. The highest BCUT2D eigenvalue weighted by molar-refractivity contribution is 7.46. The molecule has 188 valence electrons. The number of benzene rings is 1. The van der Waals surface area contributed by atoms with Crippen LogP contribution in [0.15, 0.2) is 42.5 Å². The van der Waals surface area contributed by atoms with Gasteiger partial charge in [-0.05, 0) is 36.9 Å². The Labute approximate surface area is 209 Å². The number of H-pyrrole nitrogens is 1. The maximum Gasteiger partial charge on any atom is 0.226 e. The topological polar surface area (TPSA) is 99.8 Å². The van der Waals surface area contributed by atoms with Crippen LogP contribution in [0.4, 0.5) is 5.69 Å². The van der Waals surface area contributed by atoms with Crippen LogP contribution in [0.1, 0.15) is 22.5 Å². The fourth-order valence-electron chi connectivity index (χ4n) is 4.19. The minimum Gasteiger partial charge on any atom is -0.447 e. The largest absolute Gasteiger partial charge is 0.447 e. The summed E-state index contributed by atoms with van der Waals surface area (Å²) in [6.45, 7) is 7.98. The lowest BCUT2D eigenvalue weighted by atomic mass is 10.0. The summed E-state index contributed by atoms with van der Waals surface area (Å²) in [7, 11) is 2.77. The Bertz CT molecular complexity index is 1070. The third kappa shape index (κ3) is 6.81. The summed E-state index contributed by atoms with van der Waals surface area (Å²) in [6, 6.07) is 7.37. The molecule has 2 unspecified atom stereocenters. The zero-order valence-electron chi connectivity index (χ0n) is 20.8. The van der Waals surface area contributed by atoms with Gasteiger partial charge < -0.3 is 29.4 Å². The Kier molecular flexibility index (Phi) is 8.76. The van der Waals surface area contributed by atoms with E-state index in [0.29, 0.717) is 29.3 Å². The van der Waals surface area contributed by atoms with Gasteiger partial charge in [-0.2, -0.15) is 0 Å². The van der Waals surface area contributed by atoms with Gasteiger partial charge in [0.15, 0.2) is 0 Å². The van der Waals surface area contributed by atoms with Crippen molar-refractivity contribution in [2.45, 2.75) is 12.5 Å². The standard InChI is InChI=1S/C26H36N5O3P/c1-30-11-13-31(14-12-30)15-16-33-20-5-4-6-24-19(7-8-20)17-25(29-24)26(28)22-18-21(9-10-23(22)27)34-35(3)32-2/h4-5,7-10,17-18,20,28-29H,6,11-16,27H2,1-3H3/b5-4-,8-7?,28-26?. The number of fused-ring (bicyclic) bond motifs is 1. The third-order valence-electron chi connectivity index (χ3n) is 6.42. The van der Waals surface area contributed by atoms with Gasteiger partial charge in [-0.15, -0.1) is 0 Å². The Morgan fingerprint density at radius 1 is 1.20 bits per heavy atom. The fourth-order valence-corrected chi connectivity index (χ4v) is 4.67. The zero-order valence-corrected chi connectivity index (χ0v) is 21.7. The first kappa shape index (κ1) is 25.6. The van der Waals surface area contributed by atoms with Crippen LogP contribution in [0.2, 0.25) is 0 Å². The van der Waals surface area contributed by atoms with Crippen LogP contribution in [0.5, 0.6) is 5.75 Å². The number of rotatable bonds is 9. The van der Waals surface area contributed by atoms with Gasteiger partial charge in [-0.25, -0.2) is 0 Å². The maximum atomic E-state index is 8.80. The quantitative estimate of drug-likeness (QED) is 0.211. The Morgan fingerprint density at radius 2 is 2.00 bits per heavy atom. The van der Waals surface area contributed by atoms with E-state index in [2.05, 4.69) is 46.1 Å². The molecule has 0 saturated carbocycles. The molecule has 2 aromatic rings. The molecule has 1 saturated heterocycles. The highest BCUT2D eigenvalue weighted by Gasteiger charge is 2.17. The summed E-state index contributed by atoms with van der Waals surface area (Å²) >= 11 is 0. The number of ether oxygens (including phenoxy) is 1. The molecule has 1 fully saturated rings. The van der Waals surface area contributed by atoms with Crippen LogP contribution < -0.4 is 10.3 Å². The normalized spacial score (nSPS) is 20.6. The van der Waals surface area contributed by atoms with Crippen LogP contribution in [0.3, 0.4) is 0 Å². The Balaban J connectivity index is 1.40. The van der Waals surface area contributed by atoms with Crippen LogP contribution in [0, 0.1) is 5.41 Å². The third-order valence-corrected chi connectivity index (χ3v) is 7.40. The molecule has 35 heavy (non-hydrogen) atoms. The molecule has 4 N–H and O–H groups in total. The number of nitrogens with zero attached hydrogens (tertiary/aromatic N) is 2. The molecule has 0 bridgehead atoms. The predicted molar refractivity (Wildman–Crippen MR) is 144 cm³/mol. The van der Waals surface area contributed by atoms with Crippen LogP contribution >= 0.6 is 8.38 Å². The molecule has 1 aliphatic heterocycles. The van der Waals surface area contributed by atoms with Crippen molar-refractivity contribution in [3.05, 3.63) is 65.0 Å². The number of hydrogen-bond donors (Lipinski definition) is 3. The number of nitrogens with two attached hydrogens (primary N) is 1. The number of nitrogens with one attached hydrogen (secondary N) is 2. The van der Waals surface area contributed by atoms with E-state index < -0.39 is 8.38 Å². The van der Waals surface area contributed by atoms with E-state index >= 15 is 0 Å². The van der Waals surface area contributed by atoms with Crippen molar-refractivity contribution in [2.24, 2.45) is 0 Å². The molecule has 0 spiro atoms. The molecule has 0 radical (unpaired) electrons. The molecular weight excluding hydrogens is 461 g/mol. The van der Waals surface area contributed by atoms with E-state index in [1.165, 1.54) is 0 Å². The van der Waals surface area contributed by atoms with E-state index in [-0.39, 0.29) is 6.10 Å². The molecule has 1 aliphatic carbocycles. The van der Waals surface area contributed by atoms with Gasteiger partial charge in [0.2, 0.25) is 8.38 Å². The van der Waals surface area contributed by atoms with E-state index in [4.69, 9.17) is 24.9 Å². The summed E-state index contributed by atoms with van der Waals surface area (Å²) in [6.07, 6.45) is 9.09. The lowest BCUT2D eigenvalue weighted by Crippen LogP contribution is -2.45. The molecule has 2 heterocycles. The first-order valence-corrected chi connectivity index (χ1v) is 13.6. The summed E-state index contributed by atoms with van der Waals surface area (Å²) in [5, 5.41) is 8.80. The minimum atomic E-state index is -1.02. The Hall–Kier alpha value is -2.48. The number of anilines is 1. The number of allylic oxidation sites excluding steroid dienone is 1. The van der Waals surface area contributed by atoms with Crippen molar-refractivity contribution in [2.75, 3.05) is 65.9 Å². The molecule has 0 amide bonds. The SMILES string of the molecule is COP(C)Oc1ccc(N)c(C(=N)c2cc3c([nH]2)C/C=C\C(OCCN2CCN(C)CC2)C=C3)c1. The van der Waals surface area contributed by atoms with Crippen molar-refractivity contribution in [1.82, 2.24) is 14.8 Å². The van der Waals surface area contributed by atoms with E-state index in [9.17, 15) is 0 Å². The predicted octanol–water partition coefficient (Wildman–Crippen LogP) is 3.74. The summed E-state index contributed by atoms with van der Waals surface area (Å²) in [5.41, 5.74) is 10.5. The summed E-state index contributed by atoms with van der Waals surface area (Å²) in [4.78, 5) is 8.23. The second-order valence-electron chi connectivity index (χ2n) is 8.93. The van der Waals surface area contributed by atoms with Crippen molar-refractivity contribution in [1.29, 1.82) is 5.41 Å². The van der Waals surface area contributed by atoms with Gasteiger partial charge in [0, 0.05) is 69.9 Å². The van der Waals surface area contributed by atoms with Crippen molar-refractivity contribution in [3.8, 4) is 5.75 Å². The minimum absolute atomic E-state index is 0.0531. The molecule has 1 aromatic heterocycles. The van der Waals surface area contributed by atoms with Crippen LogP contribution in [0.25, 0.3) is 6.08 Å². The maximum absolute atomic E-state index is 8.80. The van der Waals surface area contributed by atoms with Gasteiger partial charge >= 0.3 is 0 Å². The molecule has 4 rings (SSSR count). The molecule has 2 aliphatic rings. The smallest absolute Gasteiger partial charge is 0.226 e. The number of hydrogen-bond acceptors (Lipinski definition) is 7.